The second-order valence-electron chi connectivity index (χ2n) is 4.32. The van der Waals surface area contributed by atoms with E-state index < -0.39 is 5.92 Å². The van der Waals surface area contributed by atoms with Gasteiger partial charge in [0.25, 0.3) is 0 Å². The first kappa shape index (κ1) is 12.0. The number of rotatable bonds is 3. The van der Waals surface area contributed by atoms with Crippen LogP contribution in [0.15, 0.2) is 0 Å². The molecule has 0 bridgehead atoms. The number of carbonyl (C=O) groups is 1. The summed E-state index contributed by atoms with van der Waals surface area (Å²) in [5.74, 6) is -0.550. The molecule has 0 N–H and O–H groups in total. The Morgan fingerprint density at radius 1 is 1.60 bits per heavy atom. The summed E-state index contributed by atoms with van der Waals surface area (Å²) in [5, 5.41) is 8.93. The predicted molar refractivity (Wildman–Crippen MR) is 55.9 cm³/mol. The van der Waals surface area contributed by atoms with E-state index in [1.807, 2.05) is 13.8 Å². The number of nitrogens with zero attached hydrogens (tertiary/aromatic N) is 2. The molecule has 4 nitrogen and oxygen atoms in total. The second-order valence-corrected chi connectivity index (χ2v) is 4.32. The molecule has 0 radical (unpaired) electrons. The summed E-state index contributed by atoms with van der Waals surface area (Å²) >= 11 is 0. The van der Waals surface area contributed by atoms with E-state index in [9.17, 15) is 4.79 Å². The van der Waals surface area contributed by atoms with Crippen molar-refractivity contribution in [2.75, 3.05) is 20.3 Å². The maximum atomic E-state index is 12.0. The lowest BCUT2D eigenvalue weighted by Crippen LogP contribution is -2.42. The minimum atomic E-state index is -0.532. The monoisotopic (exact) mass is 210 g/mol. The molecule has 0 aromatic heterocycles. The van der Waals surface area contributed by atoms with Crippen molar-refractivity contribution >= 4 is 5.91 Å². The molecular weight excluding hydrogens is 192 g/mol. The lowest BCUT2D eigenvalue weighted by Gasteiger charge is -2.26. The average Bonchev–Trinajstić information content (AvgIpc) is 2.69. The Hall–Kier alpha value is -1.08. The van der Waals surface area contributed by atoms with E-state index in [4.69, 9.17) is 10.00 Å². The fourth-order valence-electron chi connectivity index (χ4n) is 1.72. The summed E-state index contributed by atoms with van der Waals surface area (Å²) in [6.07, 6.45) is 0.873. The third kappa shape index (κ3) is 2.69. The normalized spacial score (nSPS) is 22.5. The number of ether oxygens (including phenoxy) is 1. The number of carbonyl (C=O) groups excluding carboxylic acids is 1. The highest BCUT2D eigenvalue weighted by Crippen LogP contribution is 2.17. The maximum Gasteiger partial charge on any atom is 0.240 e. The van der Waals surface area contributed by atoms with E-state index >= 15 is 0 Å². The minimum Gasteiger partial charge on any atom is -0.379 e. The van der Waals surface area contributed by atoms with Crippen molar-refractivity contribution in [1.82, 2.24) is 4.90 Å². The Morgan fingerprint density at radius 2 is 2.27 bits per heavy atom. The number of hydrogen-bond acceptors (Lipinski definition) is 3. The number of hydrogen-bond donors (Lipinski definition) is 0. The van der Waals surface area contributed by atoms with Crippen molar-refractivity contribution in [3.8, 4) is 6.07 Å². The van der Waals surface area contributed by atoms with Gasteiger partial charge in [-0.1, -0.05) is 13.8 Å². The molecule has 0 aromatic rings. The zero-order chi connectivity index (χ0) is 11.4. The van der Waals surface area contributed by atoms with Crippen LogP contribution in [0.25, 0.3) is 0 Å². The van der Waals surface area contributed by atoms with Gasteiger partial charge in [0.1, 0.15) is 5.92 Å². The lowest BCUT2D eigenvalue weighted by molar-refractivity contribution is -0.135. The molecular formula is C11H18N2O2. The Bertz CT molecular complexity index is 264. The zero-order valence-electron chi connectivity index (χ0n) is 9.56. The Labute approximate surface area is 90.8 Å². The zero-order valence-corrected chi connectivity index (χ0v) is 9.56. The van der Waals surface area contributed by atoms with Crippen LogP contribution in [0.1, 0.15) is 20.3 Å². The molecule has 0 spiro atoms. The first-order chi connectivity index (χ1) is 7.07. The molecule has 1 heterocycles. The van der Waals surface area contributed by atoms with E-state index in [1.54, 1.807) is 11.9 Å². The molecule has 1 fully saturated rings. The van der Waals surface area contributed by atoms with Crippen LogP contribution in [0.5, 0.6) is 0 Å². The van der Waals surface area contributed by atoms with Gasteiger partial charge >= 0.3 is 0 Å². The maximum absolute atomic E-state index is 12.0. The van der Waals surface area contributed by atoms with Crippen LogP contribution in [-0.4, -0.2) is 37.1 Å². The van der Waals surface area contributed by atoms with Crippen molar-refractivity contribution in [3.05, 3.63) is 0 Å². The minimum absolute atomic E-state index is 0.0623. The van der Waals surface area contributed by atoms with Crippen LogP contribution >= 0.6 is 0 Å². The largest absolute Gasteiger partial charge is 0.379 e. The molecule has 4 heteroatoms. The molecule has 1 rings (SSSR count). The van der Waals surface area contributed by atoms with Crippen LogP contribution in [0.2, 0.25) is 0 Å². The molecule has 1 aliphatic heterocycles. The number of nitriles is 1. The summed E-state index contributed by atoms with van der Waals surface area (Å²) in [7, 11) is 1.76. The van der Waals surface area contributed by atoms with Crippen molar-refractivity contribution in [2.45, 2.75) is 26.3 Å². The summed E-state index contributed by atoms with van der Waals surface area (Å²) in [6, 6.07) is 2.22. The van der Waals surface area contributed by atoms with Crippen molar-refractivity contribution in [3.63, 3.8) is 0 Å². The lowest BCUT2D eigenvalue weighted by atomic mass is 9.95. The summed E-state index contributed by atoms with van der Waals surface area (Å²) < 4.78 is 5.23. The second kappa shape index (κ2) is 5.13. The molecule has 1 saturated heterocycles. The summed E-state index contributed by atoms with van der Waals surface area (Å²) in [4.78, 5) is 13.6. The topological polar surface area (TPSA) is 53.3 Å². The fourth-order valence-corrected chi connectivity index (χ4v) is 1.72. The van der Waals surface area contributed by atoms with Crippen LogP contribution in [-0.2, 0) is 9.53 Å². The van der Waals surface area contributed by atoms with E-state index in [0.717, 1.165) is 6.42 Å². The van der Waals surface area contributed by atoms with Gasteiger partial charge in [0.2, 0.25) is 5.91 Å². The van der Waals surface area contributed by atoms with Crippen LogP contribution < -0.4 is 0 Å². The SMILES string of the molecule is CC(C)C(C#N)C(=O)N(C)C1CCOC1. The van der Waals surface area contributed by atoms with Gasteiger partial charge in [0.05, 0.1) is 18.7 Å². The van der Waals surface area contributed by atoms with E-state index in [-0.39, 0.29) is 17.9 Å². The van der Waals surface area contributed by atoms with Gasteiger partial charge in [-0.25, -0.2) is 0 Å². The van der Waals surface area contributed by atoms with Gasteiger partial charge in [-0.3, -0.25) is 4.79 Å². The predicted octanol–water partition coefficient (Wildman–Crippen LogP) is 1.03. The van der Waals surface area contributed by atoms with Crippen molar-refractivity contribution in [2.24, 2.45) is 11.8 Å². The molecule has 2 atom stereocenters. The quantitative estimate of drug-likeness (QED) is 0.699. The highest BCUT2D eigenvalue weighted by Gasteiger charge is 2.30. The molecule has 1 aliphatic rings. The smallest absolute Gasteiger partial charge is 0.240 e. The van der Waals surface area contributed by atoms with E-state index in [2.05, 4.69) is 6.07 Å². The Kier molecular flexibility index (Phi) is 4.10. The average molecular weight is 210 g/mol. The van der Waals surface area contributed by atoms with Gasteiger partial charge in [0, 0.05) is 13.7 Å². The Balaban J connectivity index is 2.62. The first-order valence-electron chi connectivity index (χ1n) is 5.32. The third-order valence-electron chi connectivity index (χ3n) is 2.87. The summed E-state index contributed by atoms with van der Waals surface area (Å²) in [6.45, 7) is 5.09. The van der Waals surface area contributed by atoms with Gasteiger partial charge in [-0.05, 0) is 12.3 Å². The molecule has 2 unspecified atom stereocenters. The third-order valence-corrected chi connectivity index (χ3v) is 2.87. The fraction of sp³-hybridized carbons (Fsp3) is 0.818. The van der Waals surface area contributed by atoms with Gasteiger partial charge in [-0.15, -0.1) is 0 Å². The molecule has 15 heavy (non-hydrogen) atoms. The van der Waals surface area contributed by atoms with Crippen molar-refractivity contribution < 1.29 is 9.53 Å². The molecule has 84 valence electrons. The van der Waals surface area contributed by atoms with Gasteiger partial charge < -0.3 is 9.64 Å². The van der Waals surface area contributed by atoms with E-state index in [0.29, 0.717) is 13.2 Å². The molecule has 1 amide bonds. The van der Waals surface area contributed by atoms with Crippen LogP contribution in [0, 0.1) is 23.2 Å². The van der Waals surface area contributed by atoms with Gasteiger partial charge in [-0.2, -0.15) is 5.26 Å². The van der Waals surface area contributed by atoms with Crippen LogP contribution in [0.3, 0.4) is 0 Å². The first-order valence-corrected chi connectivity index (χ1v) is 5.32. The summed E-state index contributed by atoms with van der Waals surface area (Å²) in [5.41, 5.74) is 0. The molecule has 0 aromatic carbocycles. The highest BCUT2D eigenvalue weighted by molar-refractivity contribution is 5.81. The van der Waals surface area contributed by atoms with E-state index in [1.165, 1.54) is 0 Å². The number of likely N-dealkylation sites (N-methyl/N-ethyl adjacent to an activating group) is 1. The van der Waals surface area contributed by atoms with Crippen molar-refractivity contribution in [1.29, 1.82) is 5.26 Å². The number of amides is 1. The van der Waals surface area contributed by atoms with Crippen LogP contribution in [0.4, 0.5) is 0 Å². The highest BCUT2D eigenvalue weighted by atomic mass is 16.5. The van der Waals surface area contributed by atoms with Gasteiger partial charge in [0.15, 0.2) is 0 Å². The standard InChI is InChI=1S/C11H18N2O2/c1-8(2)10(6-12)11(14)13(3)9-4-5-15-7-9/h8-10H,4-5,7H2,1-3H3. The Morgan fingerprint density at radius 3 is 2.67 bits per heavy atom. The molecule has 0 aliphatic carbocycles. The molecule has 0 saturated carbocycles.